The first-order valence-electron chi connectivity index (χ1n) is 7.54. The lowest BCUT2D eigenvalue weighted by atomic mass is 10.0. The number of likely N-dealkylation sites (tertiary alicyclic amines) is 1. The summed E-state index contributed by atoms with van der Waals surface area (Å²) in [5, 5.41) is 20.0. The quantitative estimate of drug-likeness (QED) is 0.901. The highest BCUT2D eigenvalue weighted by atomic mass is 19.4. The zero-order chi connectivity index (χ0) is 16.8. The van der Waals surface area contributed by atoms with E-state index in [1.165, 1.54) is 0 Å². The normalized spacial score (nSPS) is 23.0. The van der Waals surface area contributed by atoms with Gasteiger partial charge in [-0.1, -0.05) is 0 Å². The van der Waals surface area contributed by atoms with Crippen LogP contribution in [0, 0.1) is 0 Å². The Balaban J connectivity index is 1.43. The molecule has 11 heteroatoms. The van der Waals surface area contributed by atoms with E-state index in [0.717, 1.165) is 13.0 Å². The molecule has 1 saturated heterocycles. The van der Waals surface area contributed by atoms with Crippen molar-refractivity contribution in [1.29, 1.82) is 0 Å². The molecule has 0 spiro atoms. The number of aromatic nitrogens is 4. The Bertz CT molecular complexity index is 733. The van der Waals surface area contributed by atoms with E-state index < -0.39 is 11.8 Å². The molecule has 4 heterocycles. The molecule has 8 nitrogen and oxygen atoms in total. The van der Waals surface area contributed by atoms with Gasteiger partial charge in [0.15, 0.2) is 5.76 Å². The number of nitrogens with one attached hydrogen (secondary N) is 1. The van der Waals surface area contributed by atoms with Gasteiger partial charge >= 0.3 is 6.18 Å². The van der Waals surface area contributed by atoms with E-state index in [2.05, 4.69) is 30.9 Å². The molecule has 4 rings (SSSR count). The summed E-state index contributed by atoms with van der Waals surface area (Å²) in [5.74, 6) is 1.45. The summed E-state index contributed by atoms with van der Waals surface area (Å²) in [7, 11) is 0. The maximum Gasteiger partial charge on any atom is 0.437 e. The Morgan fingerprint density at radius 2 is 2.17 bits per heavy atom. The van der Waals surface area contributed by atoms with Gasteiger partial charge in [-0.3, -0.25) is 4.90 Å². The third kappa shape index (κ3) is 2.68. The lowest BCUT2D eigenvalue weighted by Gasteiger charge is -2.26. The Morgan fingerprint density at radius 1 is 1.33 bits per heavy atom. The first kappa shape index (κ1) is 15.2. The molecular formula is C13H14F3N7O. The summed E-state index contributed by atoms with van der Waals surface area (Å²) in [6, 6.07) is 3.26. The molecule has 2 aromatic rings. The van der Waals surface area contributed by atoms with Crippen molar-refractivity contribution in [1.82, 2.24) is 25.5 Å². The van der Waals surface area contributed by atoms with Crippen LogP contribution in [0.2, 0.25) is 0 Å². The summed E-state index contributed by atoms with van der Waals surface area (Å²) < 4.78 is 44.7. The smallest absolute Gasteiger partial charge is 0.437 e. The van der Waals surface area contributed by atoms with Crippen LogP contribution in [0.1, 0.15) is 25.0 Å². The van der Waals surface area contributed by atoms with Crippen molar-refractivity contribution in [2.45, 2.75) is 43.7 Å². The van der Waals surface area contributed by atoms with Crippen LogP contribution in [0.4, 0.5) is 13.2 Å². The summed E-state index contributed by atoms with van der Waals surface area (Å²) in [6.07, 6.45) is -3.01. The molecule has 24 heavy (non-hydrogen) atoms. The monoisotopic (exact) mass is 341 g/mol. The van der Waals surface area contributed by atoms with Gasteiger partial charge in [0.2, 0.25) is 5.82 Å². The predicted molar refractivity (Wildman–Crippen MR) is 73.6 cm³/mol. The molecule has 2 aliphatic heterocycles. The van der Waals surface area contributed by atoms with Crippen molar-refractivity contribution < 1.29 is 17.6 Å². The van der Waals surface area contributed by atoms with Crippen molar-refractivity contribution in [3.8, 4) is 11.6 Å². The Labute approximate surface area is 134 Å². The van der Waals surface area contributed by atoms with Gasteiger partial charge in [-0.2, -0.15) is 18.4 Å². The molecule has 0 aromatic carbocycles. The fourth-order valence-electron chi connectivity index (χ4n) is 3.08. The van der Waals surface area contributed by atoms with Crippen molar-refractivity contribution in [3.63, 3.8) is 0 Å². The summed E-state index contributed by atoms with van der Waals surface area (Å²) in [5.41, 5.74) is -2.20. The molecule has 0 saturated carbocycles. The number of rotatable bonds is 5. The van der Waals surface area contributed by atoms with Crippen LogP contribution in [0.15, 0.2) is 26.8 Å². The Hall–Kier alpha value is -2.30. The van der Waals surface area contributed by atoms with Crippen molar-refractivity contribution >= 4 is 0 Å². The van der Waals surface area contributed by atoms with Gasteiger partial charge in [0.25, 0.3) is 5.66 Å². The lowest BCUT2D eigenvalue weighted by Crippen LogP contribution is -2.40. The van der Waals surface area contributed by atoms with Gasteiger partial charge in [0.05, 0.1) is 6.54 Å². The van der Waals surface area contributed by atoms with Gasteiger partial charge in [-0.15, -0.1) is 20.4 Å². The van der Waals surface area contributed by atoms with Crippen LogP contribution in [-0.4, -0.2) is 49.9 Å². The second-order valence-electron chi connectivity index (χ2n) is 5.99. The van der Waals surface area contributed by atoms with Crippen LogP contribution in [0.5, 0.6) is 0 Å². The highest BCUT2D eigenvalue weighted by Crippen LogP contribution is 2.49. The van der Waals surface area contributed by atoms with Crippen LogP contribution in [0.25, 0.3) is 11.6 Å². The SMILES string of the molecule is FC(F)(F)C1(CC2CCCN2Cc2ccc(-c3nn[nH]n3)o2)N=N1. The number of hydrogen-bond donors (Lipinski definition) is 1. The van der Waals surface area contributed by atoms with Crippen molar-refractivity contribution in [3.05, 3.63) is 17.9 Å². The number of aromatic amines is 1. The first-order chi connectivity index (χ1) is 11.5. The largest absolute Gasteiger partial charge is 0.456 e. The predicted octanol–water partition coefficient (Wildman–Crippen LogP) is 2.54. The second-order valence-corrected chi connectivity index (χ2v) is 5.99. The number of hydrogen-bond acceptors (Lipinski definition) is 7. The number of furan rings is 1. The molecule has 0 radical (unpaired) electrons. The van der Waals surface area contributed by atoms with Crippen molar-refractivity contribution in [2.24, 2.45) is 10.2 Å². The Morgan fingerprint density at radius 3 is 2.83 bits per heavy atom. The minimum atomic E-state index is -4.42. The number of alkyl halides is 3. The molecule has 2 aliphatic rings. The number of tetrazole rings is 1. The molecule has 0 amide bonds. The van der Waals surface area contributed by atoms with Crippen LogP contribution < -0.4 is 0 Å². The van der Waals surface area contributed by atoms with Gasteiger partial charge in [0, 0.05) is 12.5 Å². The molecule has 2 aromatic heterocycles. The van der Waals surface area contributed by atoms with E-state index in [4.69, 9.17) is 4.42 Å². The van der Waals surface area contributed by atoms with Crippen LogP contribution in [-0.2, 0) is 6.54 Å². The molecule has 128 valence electrons. The zero-order valence-corrected chi connectivity index (χ0v) is 12.5. The summed E-state index contributed by atoms with van der Waals surface area (Å²) in [4.78, 5) is 1.98. The van der Waals surface area contributed by atoms with Gasteiger partial charge in [0.1, 0.15) is 5.76 Å². The average Bonchev–Trinajstić information content (AvgIpc) is 2.94. The summed E-state index contributed by atoms with van der Waals surface area (Å²) in [6.45, 7) is 1.15. The summed E-state index contributed by atoms with van der Waals surface area (Å²) >= 11 is 0. The fourth-order valence-corrected chi connectivity index (χ4v) is 3.08. The lowest BCUT2D eigenvalue weighted by molar-refractivity contribution is -0.167. The van der Waals surface area contributed by atoms with Crippen LogP contribution in [0.3, 0.4) is 0 Å². The molecule has 0 aliphatic carbocycles. The van der Waals surface area contributed by atoms with Gasteiger partial charge in [-0.25, -0.2) is 0 Å². The van der Waals surface area contributed by atoms with Crippen molar-refractivity contribution in [2.75, 3.05) is 6.54 Å². The highest BCUT2D eigenvalue weighted by molar-refractivity contribution is 5.45. The van der Waals surface area contributed by atoms with E-state index in [1.54, 1.807) is 12.1 Å². The van der Waals surface area contributed by atoms with E-state index in [-0.39, 0.29) is 12.5 Å². The molecule has 1 unspecified atom stereocenters. The zero-order valence-electron chi connectivity index (χ0n) is 12.5. The number of H-pyrrole nitrogens is 1. The molecule has 0 bridgehead atoms. The van der Waals surface area contributed by atoms with E-state index in [0.29, 0.717) is 30.3 Å². The molecular weight excluding hydrogens is 327 g/mol. The van der Waals surface area contributed by atoms with Crippen LogP contribution >= 0.6 is 0 Å². The fraction of sp³-hybridized carbons (Fsp3) is 0.615. The van der Waals surface area contributed by atoms with E-state index in [9.17, 15) is 13.2 Å². The van der Waals surface area contributed by atoms with Gasteiger partial charge < -0.3 is 4.42 Å². The average molecular weight is 341 g/mol. The first-order valence-corrected chi connectivity index (χ1v) is 7.54. The number of halogens is 3. The second kappa shape index (κ2) is 5.36. The minimum Gasteiger partial charge on any atom is -0.456 e. The third-order valence-electron chi connectivity index (χ3n) is 4.40. The maximum absolute atomic E-state index is 13.0. The minimum absolute atomic E-state index is 0.130. The maximum atomic E-state index is 13.0. The topological polar surface area (TPSA) is 95.6 Å². The molecule has 1 fully saturated rings. The Kier molecular flexibility index (Phi) is 3.41. The number of nitrogens with zero attached hydrogens (tertiary/aromatic N) is 6. The van der Waals surface area contributed by atoms with Gasteiger partial charge in [-0.05, 0) is 36.7 Å². The van der Waals surface area contributed by atoms with E-state index in [1.807, 2.05) is 4.90 Å². The van der Waals surface area contributed by atoms with E-state index >= 15 is 0 Å². The standard InChI is InChI=1S/C13H14F3N7O/c14-13(15,16)12(19-20-12)6-8-2-1-5-23(8)7-9-3-4-10(24-9)11-17-21-22-18-11/h3-4,8H,1-2,5-7H2,(H,17,18,21,22). The highest BCUT2D eigenvalue weighted by Gasteiger charge is 2.64. The molecule has 1 atom stereocenters. The third-order valence-corrected chi connectivity index (χ3v) is 4.40. The molecule has 1 N–H and O–H groups in total.